The normalized spacial score (nSPS) is 12.7. The number of hydrogen-bond acceptors (Lipinski definition) is 10. The maximum Gasteiger partial charge on any atom is 0.300 e. The number of aryl methyl sites for hydroxylation is 1. The fourth-order valence-corrected chi connectivity index (χ4v) is 5.29. The Labute approximate surface area is 172 Å². The highest BCUT2D eigenvalue weighted by molar-refractivity contribution is 7.87. The smallest absolute Gasteiger partial charge is 0.300 e. The van der Waals surface area contributed by atoms with Gasteiger partial charge in [-0.1, -0.05) is 0 Å². The zero-order valence-corrected chi connectivity index (χ0v) is 18.2. The Morgan fingerprint density at radius 3 is 1.80 bits per heavy atom. The minimum atomic E-state index is -4.36. The fraction of sp³-hybridized carbons (Fsp3) is 0.333. The Bertz CT molecular complexity index is 1350. The molecule has 10 nitrogen and oxygen atoms in total. The molecule has 164 valence electrons. The van der Waals surface area contributed by atoms with E-state index in [0.717, 1.165) is 12.1 Å². The summed E-state index contributed by atoms with van der Waals surface area (Å²) in [7, 11) is -7.47. The number of phenolic OH excluding ortho intramolecular Hbond substituents is 2. The summed E-state index contributed by atoms with van der Waals surface area (Å²) >= 11 is 0. The van der Waals surface area contributed by atoms with Crippen LogP contribution < -0.4 is 4.74 Å². The molecule has 12 heteroatoms. The van der Waals surface area contributed by atoms with Crippen LogP contribution in [0.1, 0.15) is 19.4 Å². The molecule has 30 heavy (non-hydrogen) atoms. The number of ether oxygens (including phenoxy) is 1. The highest BCUT2D eigenvalue weighted by atomic mass is 32.2. The monoisotopic (exact) mass is 460 g/mol. The van der Waals surface area contributed by atoms with Crippen LogP contribution in [0.25, 0.3) is 21.9 Å². The first-order valence-corrected chi connectivity index (χ1v) is 11.6. The number of methoxy groups -OCH3 is 1. The molecule has 2 N–H and O–H groups in total. The highest BCUT2D eigenvalue weighted by Crippen LogP contribution is 2.49. The average molecular weight is 460 g/mol. The summed E-state index contributed by atoms with van der Waals surface area (Å²) in [5, 5.41) is 20.8. The summed E-state index contributed by atoms with van der Waals surface area (Å²) in [6.45, 7) is 4.04. The maximum absolute atomic E-state index is 12.6. The van der Waals surface area contributed by atoms with Crippen molar-refractivity contribution in [3.05, 3.63) is 17.7 Å². The predicted molar refractivity (Wildman–Crippen MR) is 106 cm³/mol. The highest BCUT2D eigenvalue weighted by Gasteiger charge is 2.32. The zero-order valence-electron chi connectivity index (χ0n) is 16.5. The van der Waals surface area contributed by atoms with Gasteiger partial charge in [0.15, 0.2) is 22.7 Å². The fourth-order valence-electron chi connectivity index (χ4n) is 3.10. The number of phenols is 2. The summed E-state index contributed by atoms with van der Waals surface area (Å²) in [5.74, 6) is -1.18. The van der Waals surface area contributed by atoms with Crippen molar-refractivity contribution in [2.45, 2.75) is 30.6 Å². The topological polar surface area (TPSA) is 150 Å². The number of hydrogen-bond donors (Lipinski definition) is 2. The van der Waals surface area contributed by atoms with Gasteiger partial charge in [-0.05, 0) is 32.4 Å². The second-order valence-corrected chi connectivity index (χ2v) is 9.36. The van der Waals surface area contributed by atoms with Crippen molar-refractivity contribution in [3.8, 4) is 17.2 Å². The van der Waals surface area contributed by atoms with Gasteiger partial charge < -0.3 is 19.4 Å². The van der Waals surface area contributed by atoms with E-state index in [4.69, 9.17) is 17.5 Å². The summed E-state index contributed by atoms with van der Waals surface area (Å²) in [6, 6.07) is 2.13. The van der Waals surface area contributed by atoms with Crippen molar-refractivity contribution in [2.24, 2.45) is 0 Å². The van der Waals surface area contributed by atoms with Gasteiger partial charge in [0.1, 0.15) is 15.5 Å². The molecule has 0 fully saturated rings. The first-order chi connectivity index (χ1) is 14.0. The van der Waals surface area contributed by atoms with Gasteiger partial charge in [0.05, 0.1) is 31.1 Å². The van der Waals surface area contributed by atoms with Gasteiger partial charge in [-0.25, -0.2) is 0 Å². The van der Waals surface area contributed by atoms with Gasteiger partial charge in [-0.2, -0.15) is 16.8 Å². The molecule has 1 aromatic heterocycles. The van der Waals surface area contributed by atoms with Gasteiger partial charge in [-0.3, -0.25) is 8.37 Å². The SMILES string of the molecule is CCOS(=O)(=O)c1cc(C)c(O)c2c1oc1c(S(=O)(=O)OCC)cc(OC)c(O)c12. The Morgan fingerprint density at radius 1 is 0.867 bits per heavy atom. The molecule has 0 saturated heterocycles. The molecule has 0 bridgehead atoms. The quantitative estimate of drug-likeness (QED) is 0.504. The minimum Gasteiger partial charge on any atom is -0.507 e. The largest absolute Gasteiger partial charge is 0.507 e. The molecule has 3 aromatic rings. The molecule has 2 aromatic carbocycles. The second-order valence-electron chi connectivity index (χ2n) is 6.20. The molecular formula is C18H20O10S2. The number of rotatable bonds is 7. The minimum absolute atomic E-state index is 0.139. The van der Waals surface area contributed by atoms with E-state index in [1.165, 1.54) is 27.9 Å². The lowest BCUT2D eigenvalue weighted by Crippen LogP contribution is -2.07. The summed E-state index contributed by atoms with van der Waals surface area (Å²) in [5.41, 5.74) is -0.636. The third-order valence-electron chi connectivity index (χ3n) is 4.35. The summed E-state index contributed by atoms with van der Waals surface area (Å²) < 4.78 is 70.7. The predicted octanol–water partition coefficient (Wildman–Crippen LogP) is 2.76. The molecule has 0 unspecified atom stereocenters. The van der Waals surface area contributed by atoms with Crippen LogP contribution in [0.4, 0.5) is 0 Å². The molecule has 0 aliphatic heterocycles. The molecule has 0 aliphatic rings. The van der Waals surface area contributed by atoms with E-state index in [2.05, 4.69) is 0 Å². The van der Waals surface area contributed by atoms with Crippen LogP contribution >= 0.6 is 0 Å². The first kappa shape index (κ1) is 22.2. The van der Waals surface area contributed by atoms with Crippen LogP contribution in [0, 0.1) is 6.92 Å². The Morgan fingerprint density at radius 2 is 1.33 bits per heavy atom. The van der Waals surface area contributed by atoms with E-state index in [9.17, 15) is 27.0 Å². The lowest BCUT2D eigenvalue weighted by atomic mass is 10.1. The summed E-state index contributed by atoms with van der Waals surface area (Å²) in [6.07, 6.45) is 0. The number of aromatic hydroxyl groups is 2. The zero-order chi connectivity index (χ0) is 22.4. The van der Waals surface area contributed by atoms with Crippen molar-refractivity contribution in [1.82, 2.24) is 0 Å². The number of fused-ring (bicyclic) bond motifs is 3. The Balaban J connectivity index is 2.63. The third kappa shape index (κ3) is 3.35. The molecule has 0 atom stereocenters. The number of benzene rings is 2. The van der Waals surface area contributed by atoms with Gasteiger partial charge in [0.2, 0.25) is 0 Å². The van der Waals surface area contributed by atoms with Crippen LogP contribution in [0.15, 0.2) is 26.3 Å². The van der Waals surface area contributed by atoms with Crippen molar-refractivity contribution >= 4 is 42.2 Å². The molecular weight excluding hydrogens is 440 g/mol. The summed E-state index contributed by atoms with van der Waals surface area (Å²) in [4.78, 5) is -0.925. The van der Waals surface area contributed by atoms with Gasteiger partial charge in [0.25, 0.3) is 0 Å². The first-order valence-electron chi connectivity index (χ1n) is 8.77. The van der Waals surface area contributed by atoms with E-state index < -0.39 is 47.1 Å². The second kappa shape index (κ2) is 7.61. The molecule has 0 saturated carbocycles. The van der Waals surface area contributed by atoms with Crippen molar-refractivity contribution in [3.63, 3.8) is 0 Å². The molecule has 0 radical (unpaired) electrons. The van der Waals surface area contributed by atoms with Gasteiger partial charge >= 0.3 is 20.2 Å². The number of furan rings is 1. The Kier molecular flexibility index (Phi) is 5.62. The Hall–Kier alpha value is -2.54. The van der Waals surface area contributed by atoms with Crippen LogP contribution in [0.3, 0.4) is 0 Å². The van der Waals surface area contributed by atoms with Crippen LogP contribution in [0.5, 0.6) is 17.2 Å². The molecule has 0 amide bonds. The molecule has 1 heterocycles. The van der Waals surface area contributed by atoms with E-state index in [1.807, 2.05) is 0 Å². The third-order valence-corrected chi connectivity index (χ3v) is 7.13. The van der Waals surface area contributed by atoms with Crippen molar-refractivity contribution in [2.75, 3.05) is 20.3 Å². The average Bonchev–Trinajstić information content (AvgIpc) is 3.05. The van der Waals surface area contributed by atoms with Crippen molar-refractivity contribution < 1.29 is 44.6 Å². The van der Waals surface area contributed by atoms with Crippen LogP contribution in [-0.2, 0) is 28.6 Å². The van der Waals surface area contributed by atoms with E-state index in [1.54, 1.807) is 0 Å². The van der Waals surface area contributed by atoms with E-state index in [0.29, 0.717) is 0 Å². The van der Waals surface area contributed by atoms with Crippen LogP contribution in [-0.4, -0.2) is 47.4 Å². The van der Waals surface area contributed by atoms with E-state index >= 15 is 0 Å². The lowest BCUT2D eigenvalue weighted by Gasteiger charge is -2.09. The molecule has 0 aliphatic carbocycles. The van der Waals surface area contributed by atoms with Crippen LogP contribution in [0.2, 0.25) is 0 Å². The lowest BCUT2D eigenvalue weighted by molar-refractivity contribution is 0.336. The standard InChI is InChI=1S/C18H20O10S2/c1-5-26-29(21,22)11-7-9(3)15(19)13-14-16(20)10(25-4)8-12(18(14)28-17(11)13)30(23,24)27-6-2/h7-8,19-20H,5-6H2,1-4H3. The maximum atomic E-state index is 12.6. The molecule has 3 rings (SSSR count). The molecule has 0 spiro atoms. The van der Waals surface area contributed by atoms with E-state index in [-0.39, 0.29) is 40.9 Å². The van der Waals surface area contributed by atoms with Gasteiger partial charge in [0, 0.05) is 6.07 Å². The van der Waals surface area contributed by atoms with Crippen molar-refractivity contribution in [1.29, 1.82) is 0 Å². The van der Waals surface area contributed by atoms with Gasteiger partial charge in [-0.15, -0.1) is 0 Å².